The quantitative estimate of drug-likeness (QED) is 0.153. The molecule has 0 bridgehead atoms. The Morgan fingerprint density at radius 1 is 0.436 bits per heavy atom. The minimum atomic E-state index is -2.39. The molecule has 4 saturated heterocycles. The van der Waals surface area contributed by atoms with E-state index in [2.05, 4.69) is 82.0 Å². The lowest BCUT2D eigenvalue weighted by Crippen LogP contribution is -2.46. The molecule has 9 nitrogen and oxygen atoms in total. The van der Waals surface area contributed by atoms with Gasteiger partial charge in [-0.15, -0.1) is 0 Å². The molecule has 0 spiro atoms. The highest BCUT2D eigenvalue weighted by atomic mass is 19.3. The zero-order valence-corrected chi connectivity index (χ0v) is 37.3. The van der Waals surface area contributed by atoms with Gasteiger partial charge in [0, 0.05) is 106 Å². The zero-order chi connectivity index (χ0) is 41.4. The van der Waals surface area contributed by atoms with Gasteiger partial charge in [-0.05, 0) is 56.8 Å². The van der Waals surface area contributed by atoms with Gasteiger partial charge < -0.3 is 45.5 Å². The molecule has 1 saturated carbocycles. The number of hydrogen-bond donors (Lipinski definition) is 5. The molecule has 0 aromatic heterocycles. The first-order valence-electron chi connectivity index (χ1n) is 22.0. The minimum Gasteiger partial charge on any atom is -0.381 e. The van der Waals surface area contributed by atoms with Gasteiger partial charge in [-0.3, -0.25) is 0 Å². The third-order valence-corrected chi connectivity index (χ3v) is 10.3. The van der Waals surface area contributed by atoms with E-state index in [1.807, 2.05) is 27.7 Å². The third kappa shape index (κ3) is 26.9. The van der Waals surface area contributed by atoms with Gasteiger partial charge in [-0.2, -0.15) is 0 Å². The average molecular weight is 796 g/mol. The lowest BCUT2D eigenvalue weighted by atomic mass is 9.92. The van der Waals surface area contributed by atoms with Gasteiger partial charge in [0.1, 0.15) is 6.17 Å². The van der Waals surface area contributed by atoms with E-state index in [0.717, 1.165) is 46.1 Å². The van der Waals surface area contributed by atoms with E-state index >= 15 is 0 Å². The van der Waals surface area contributed by atoms with Crippen molar-refractivity contribution in [3.63, 3.8) is 0 Å². The molecule has 5 rings (SSSR count). The van der Waals surface area contributed by atoms with Crippen LogP contribution in [0.5, 0.6) is 0 Å². The van der Waals surface area contributed by atoms with Crippen molar-refractivity contribution in [2.75, 3.05) is 52.9 Å². The molecule has 5 aliphatic rings. The maximum atomic E-state index is 13.0. The molecule has 0 amide bonds. The predicted octanol–water partition coefficient (Wildman–Crippen LogP) is 7.66. The predicted molar refractivity (Wildman–Crippen MR) is 223 cm³/mol. The van der Waals surface area contributed by atoms with Gasteiger partial charge in [0.25, 0.3) is 0 Å². The molecule has 12 heteroatoms. The van der Waals surface area contributed by atoms with Crippen LogP contribution in [-0.4, -0.2) is 125 Å². The van der Waals surface area contributed by atoms with Crippen LogP contribution < -0.4 is 26.6 Å². The van der Waals surface area contributed by atoms with Crippen molar-refractivity contribution in [3.05, 3.63) is 0 Å². The number of rotatable bonds is 10. The summed E-state index contributed by atoms with van der Waals surface area (Å²) in [5.74, 6) is -1.05. The first-order valence-corrected chi connectivity index (χ1v) is 22.0. The Morgan fingerprint density at radius 3 is 1.13 bits per heavy atom. The highest BCUT2D eigenvalue weighted by Crippen LogP contribution is 2.33. The first kappa shape index (κ1) is 52.4. The Bertz CT molecular complexity index is 837. The summed E-state index contributed by atoms with van der Waals surface area (Å²) in [6.07, 6.45) is 5.99. The fourth-order valence-corrected chi connectivity index (χ4v) is 7.44. The van der Waals surface area contributed by atoms with Crippen molar-refractivity contribution in [1.82, 2.24) is 26.6 Å². The SMILES string of the molecule is CC(C)NC1CCC(F)(F)CC1.CC(C)NC1CCOCC1.CC(C)N[C@@H]1CCOC[C@@H]1C.CC(C)N[C@@H]1CCOC[C@H]1C.CC(C)N[C@@H]1CCOC[C@H]1F. The van der Waals surface area contributed by atoms with E-state index < -0.39 is 12.1 Å². The monoisotopic (exact) mass is 796 g/mol. The second-order valence-electron chi connectivity index (χ2n) is 18.0. The number of nitrogens with one attached hydrogen (secondary N) is 5. The summed E-state index contributed by atoms with van der Waals surface area (Å²) in [5, 5.41) is 17.1. The number of halogens is 3. The molecule has 1 aliphatic carbocycles. The second kappa shape index (κ2) is 29.6. The lowest BCUT2D eigenvalue weighted by molar-refractivity contribution is -0.0409. The van der Waals surface area contributed by atoms with Crippen LogP contribution in [0.1, 0.15) is 141 Å². The molecule has 4 aliphatic heterocycles. The van der Waals surface area contributed by atoms with E-state index in [1.165, 1.54) is 25.7 Å². The molecular formula is C43H88F3N5O4. The number of hydrogen-bond acceptors (Lipinski definition) is 9. The average Bonchev–Trinajstić information content (AvgIpc) is 3.10. The fourth-order valence-electron chi connectivity index (χ4n) is 7.44. The van der Waals surface area contributed by atoms with Crippen LogP contribution in [-0.2, 0) is 18.9 Å². The Balaban J connectivity index is 0.000000344. The maximum Gasteiger partial charge on any atom is 0.248 e. The third-order valence-electron chi connectivity index (χ3n) is 10.3. The van der Waals surface area contributed by atoms with E-state index in [-0.39, 0.29) is 25.5 Å². The first-order chi connectivity index (χ1) is 25.9. The van der Waals surface area contributed by atoms with Crippen molar-refractivity contribution < 1.29 is 32.1 Å². The topological polar surface area (TPSA) is 97.1 Å². The zero-order valence-electron chi connectivity index (χ0n) is 37.3. The fraction of sp³-hybridized carbons (Fsp3) is 1.00. The lowest BCUT2D eigenvalue weighted by Gasteiger charge is -2.31. The molecule has 0 aromatic carbocycles. The van der Waals surface area contributed by atoms with E-state index in [4.69, 9.17) is 18.9 Å². The number of alkyl halides is 3. The Kier molecular flexibility index (Phi) is 28.2. The van der Waals surface area contributed by atoms with E-state index in [1.54, 1.807) is 0 Å². The summed E-state index contributed by atoms with van der Waals surface area (Å²) in [6.45, 7) is 32.3. The Labute approximate surface area is 336 Å². The molecule has 0 radical (unpaired) electrons. The van der Waals surface area contributed by atoms with Gasteiger partial charge in [0.2, 0.25) is 5.92 Å². The van der Waals surface area contributed by atoms with Gasteiger partial charge in [0.05, 0.1) is 19.8 Å². The molecule has 330 valence electrons. The van der Waals surface area contributed by atoms with Crippen molar-refractivity contribution in [3.8, 4) is 0 Å². The van der Waals surface area contributed by atoms with E-state index in [0.29, 0.717) is 85.7 Å². The van der Waals surface area contributed by atoms with Gasteiger partial charge in [-0.25, -0.2) is 13.2 Å². The van der Waals surface area contributed by atoms with Gasteiger partial charge >= 0.3 is 0 Å². The molecular weight excluding hydrogens is 707 g/mol. The molecule has 6 atom stereocenters. The van der Waals surface area contributed by atoms with Crippen LogP contribution in [0.2, 0.25) is 0 Å². The van der Waals surface area contributed by atoms with Gasteiger partial charge in [-0.1, -0.05) is 83.1 Å². The largest absolute Gasteiger partial charge is 0.381 e. The maximum absolute atomic E-state index is 13.0. The second-order valence-corrected chi connectivity index (χ2v) is 18.0. The molecule has 0 unspecified atom stereocenters. The summed E-state index contributed by atoms with van der Waals surface area (Å²) in [4.78, 5) is 0. The van der Waals surface area contributed by atoms with Crippen molar-refractivity contribution >= 4 is 0 Å². The highest BCUT2D eigenvalue weighted by molar-refractivity contribution is 4.83. The van der Waals surface area contributed by atoms with Crippen molar-refractivity contribution in [2.45, 2.75) is 213 Å². The van der Waals surface area contributed by atoms with Gasteiger partial charge in [0.15, 0.2) is 0 Å². The summed E-state index contributed by atoms with van der Waals surface area (Å²) >= 11 is 0. The smallest absolute Gasteiger partial charge is 0.248 e. The Hall–Kier alpha value is -0.570. The van der Waals surface area contributed by atoms with Crippen LogP contribution in [0.25, 0.3) is 0 Å². The van der Waals surface area contributed by atoms with E-state index in [9.17, 15) is 13.2 Å². The van der Waals surface area contributed by atoms with Crippen LogP contribution in [0.15, 0.2) is 0 Å². The normalized spacial score (nSPS) is 29.0. The Morgan fingerprint density at radius 2 is 0.764 bits per heavy atom. The minimum absolute atomic E-state index is 0.00347. The van der Waals surface area contributed by atoms with Crippen LogP contribution >= 0.6 is 0 Å². The van der Waals surface area contributed by atoms with Crippen LogP contribution in [0.3, 0.4) is 0 Å². The molecule has 5 N–H and O–H groups in total. The summed E-state index contributed by atoms with van der Waals surface area (Å²) in [6, 6.07) is 4.93. The summed E-state index contributed by atoms with van der Waals surface area (Å²) in [7, 11) is 0. The van der Waals surface area contributed by atoms with Crippen molar-refractivity contribution in [2.24, 2.45) is 11.8 Å². The number of ether oxygens (including phenoxy) is 4. The molecule has 55 heavy (non-hydrogen) atoms. The highest BCUT2D eigenvalue weighted by Gasteiger charge is 2.34. The van der Waals surface area contributed by atoms with Crippen molar-refractivity contribution in [1.29, 1.82) is 0 Å². The summed E-state index contributed by atoms with van der Waals surface area (Å²) < 4.78 is 59.3. The summed E-state index contributed by atoms with van der Waals surface area (Å²) in [5.41, 5.74) is 0. The van der Waals surface area contributed by atoms with Crippen LogP contribution in [0, 0.1) is 11.8 Å². The standard InChI is InChI=1S/C9H17F2N.2C9H19NO.C8H16FNO.C8H17NO/c1-7(2)12-8-3-5-9(10,11)6-4-8;2*1-7(2)10-9-4-5-11-6-8(9)3;1-6(2)10-8-3-4-11-5-7(8)9;1-7(2)9-8-3-5-10-6-4-8/h7-8,12H,3-6H2,1-2H3;2*7-10H,4-6H2,1-3H3;6-8,10H,3-5H2,1-2H3;7-9H,3-6H2,1-2H3/t;8-,9+;8-,9-;7-,8-;/m.011./s1. The van der Waals surface area contributed by atoms with Crippen LogP contribution in [0.4, 0.5) is 13.2 Å². The molecule has 5 fully saturated rings. The molecule has 4 heterocycles. The molecule has 0 aromatic rings.